The Morgan fingerprint density at radius 1 is 1.28 bits per heavy atom. The van der Waals surface area contributed by atoms with Crippen molar-refractivity contribution in [2.24, 2.45) is 5.41 Å². The molecule has 0 spiro atoms. The van der Waals surface area contributed by atoms with Crippen molar-refractivity contribution in [2.75, 3.05) is 25.2 Å². The topological polar surface area (TPSA) is 42.5 Å². The molecule has 98 valence electrons. The summed E-state index contributed by atoms with van der Waals surface area (Å²) in [6.45, 7) is 7.05. The number of anilines is 1. The maximum Gasteiger partial charge on any atom is 0.231 e. The lowest BCUT2D eigenvalue weighted by Gasteiger charge is -2.40. The quantitative estimate of drug-likeness (QED) is 0.842. The van der Waals surface area contributed by atoms with E-state index in [4.69, 9.17) is 9.47 Å². The second kappa shape index (κ2) is 4.35. The molecule has 1 aromatic rings. The Morgan fingerprint density at radius 2 is 2.11 bits per heavy atom. The van der Waals surface area contributed by atoms with Gasteiger partial charge in [-0.1, -0.05) is 13.8 Å². The summed E-state index contributed by atoms with van der Waals surface area (Å²) in [5, 5.41) is 7.07. The van der Waals surface area contributed by atoms with Gasteiger partial charge in [0, 0.05) is 24.3 Å². The first-order valence-electron chi connectivity index (χ1n) is 6.52. The van der Waals surface area contributed by atoms with Gasteiger partial charge in [-0.2, -0.15) is 0 Å². The maximum absolute atomic E-state index is 5.41. The first kappa shape index (κ1) is 11.7. The standard InChI is InChI=1S/C14H20N2O2/c1-14(2)8-15-6-5-13(14)16-10-3-4-11-12(7-10)18-9-17-11/h3-4,7,13,15-16H,5-6,8-9H2,1-2H3. The number of nitrogens with one attached hydrogen (secondary N) is 2. The molecule has 4 heteroatoms. The zero-order valence-electron chi connectivity index (χ0n) is 11.0. The van der Waals surface area contributed by atoms with E-state index in [9.17, 15) is 0 Å². The van der Waals surface area contributed by atoms with Crippen molar-refractivity contribution in [1.82, 2.24) is 5.32 Å². The molecule has 3 rings (SSSR count). The third-order valence-electron chi connectivity index (χ3n) is 3.85. The van der Waals surface area contributed by atoms with Crippen LogP contribution in [0.1, 0.15) is 20.3 Å². The van der Waals surface area contributed by atoms with Crippen LogP contribution in [0.4, 0.5) is 5.69 Å². The summed E-state index contributed by atoms with van der Waals surface area (Å²) in [6.07, 6.45) is 1.14. The van der Waals surface area contributed by atoms with Crippen LogP contribution in [-0.2, 0) is 0 Å². The van der Waals surface area contributed by atoms with Crippen molar-refractivity contribution >= 4 is 5.69 Å². The van der Waals surface area contributed by atoms with E-state index < -0.39 is 0 Å². The molecule has 2 aliphatic rings. The molecule has 0 radical (unpaired) electrons. The fourth-order valence-corrected chi connectivity index (χ4v) is 2.63. The van der Waals surface area contributed by atoms with Crippen LogP contribution in [0.5, 0.6) is 11.5 Å². The zero-order chi connectivity index (χ0) is 12.6. The second-order valence-corrected chi connectivity index (χ2v) is 5.72. The van der Waals surface area contributed by atoms with Gasteiger partial charge >= 0.3 is 0 Å². The highest BCUT2D eigenvalue weighted by Crippen LogP contribution is 2.36. The van der Waals surface area contributed by atoms with Crippen molar-refractivity contribution in [3.63, 3.8) is 0 Å². The number of rotatable bonds is 2. The molecule has 0 saturated carbocycles. The lowest BCUT2D eigenvalue weighted by atomic mass is 9.80. The van der Waals surface area contributed by atoms with E-state index in [1.54, 1.807) is 0 Å². The summed E-state index contributed by atoms with van der Waals surface area (Å²) >= 11 is 0. The van der Waals surface area contributed by atoms with Gasteiger partial charge in [-0.25, -0.2) is 0 Å². The third kappa shape index (κ3) is 2.12. The predicted octanol–water partition coefficient (Wildman–Crippen LogP) is 2.22. The van der Waals surface area contributed by atoms with Gasteiger partial charge in [0.15, 0.2) is 11.5 Å². The minimum Gasteiger partial charge on any atom is -0.454 e. The van der Waals surface area contributed by atoms with Crippen LogP contribution in [0.25, 0.3) is 0 Å². The molecule has 1 unspecified atom stereocenters. The van der Waals surface area contributed by atoms with Gasteiger partial charge in [0.2, 0.25) is 6.79 Å². The summed E-state index contributed by atoms with van der Waals surface area (Å²) < 4.78 is 10.7. The normalized spacial score (nSPS) is 24.9. The van der Waals surface area contributed by atoms with Crippen LogP contribution >= 0.6 is 0 Å². The lowest BCUT2D eigenvalue weighted by molar-refractivity contribution is 0.174. The summed E-state index contributed by atoms with van der Waals surface area (Å²) in [7, 11) is 0. The van der Waals surface area contributed by atoms with Crippen molar-refractivity contribution in [3.05, 3.63) is 18.2 Å². The molecule has 0 aliphatic carbocycles. The summed E-state index contributed by atoms with van der Waals surface area (Å²) in [5.74, 6) is 1.68. The Labute approximate surface area is 108 Å². The van der Waals surface area contributed by atoms with E-state index in [-0.39, 0.29) is 5.41 Å². The molecule has 2 heterocycles. The van der Waals surface area contributed by atoms with E-state index in [2.05, 4.69) is 30.5 Å². The average molecular weight is 248 g/mol. The largest absolute Gasteiger partial charge is 0.454 e. The number of hydrogen-bond donors (Lipinski definition) is 2. The van der Waals surface area contributed by atoms with E-state index in [1.165, 1.54) is 0 Å². The van der Waals surface area contributed by atoms with E-state index in [1.807, 2.05) is 12.1 Å². The molecular weight excluding hydrogens is 228 g/mol. The fourth-order valence-electron chi connectivity index (χ4n) is 2.63. The second-order valence-electron chi connectivity index (χ2n) is 5.72. The van der Waals surface area contributed by atoms with Crippen molar-refractivity contribution in [1.29, 1.82) is 0 Å². The van der Waals surface area contributed by atoms with Gasteiger partial charge in [-0.3, -0.25) is 0 Å². The van der Waals surface area contributed by atoms with Crippen molar-refractivity contribution in [2.45, 2.75) is 26.3 Å². The van der Waals surface area contributed by atoms with Crippen molar-refractivity contribution in [3.8, 4) is 11.5 Å². The minimum atomic E-state index is 0.259. The molecule has 0 bridgehead atoms. The number of piperidine rings is 1. The molecule has 4 nitrogen and oxygen atoms in total. The Morgan fingerprint density at radius 3 is 2.94 bits per heavy atom. The summed E-state index contributed by atoms with van der Waals surface area (Å²) in [6, 6.07) is 6.55. The van der Waals surface area contributed by atoms with Gasteiger partial charge in [0.1, 0.15) is 0 Å². The average Bonchev–Trinajstić information content (AvgIpc) is 2.79. The molecule has 0 aromatic heterocycles. The van der Waals surface area contributed by atoms with Gasteiger partial charge in [-0.15, -0.1) is 0 Å². The van der Waals surface area contributed by atoms with Gasteiger partial charge in [-0.05, 0) is 30.5 Å². The summed E-state index contributed by atoms with van der Waals surface area (Å²) in [4.78, 5) is 0. The molecule has 1 atom stereocenters. The number of ether oxygens (including phenoxy) is 2. The number of fused-ring (bicyclic) bond motifs is 1. The predicted molar refractivity (Wildman–Crippen MR) is 71.2 cm³/mol. The maximum atomic E-state index is 5.41. The monoisotopic (exact) mass is 248 g/mol. The zero-order valence-corrected chi connectivity index (χ0v) is 11.0. The van der Waals surface area contributed by atoms with Gasteiger partial charge in [0.05, 0.1) is 0 Å². The Kier molecular flexibility index (Phi) is 2.82. The highest BCUT2D eigenvalue weighted by molar-refractivity contribution is 5.56. The smallest absolute Gasteiger partial charge is 0.231 e. The first-order valence-corrected chi connectivity index (χ1v) is 6.52. The first-order chi connectivity index (χ1) is 8.65. The Hall–Kier alpha value is -1.42. The highest BCUT2D eigenvalue weighted by Gasteiger charge is 2.32. The Bertz CT molecular complexity index is 445. The van der Waals surface area contributed by atoms with Gasteiger partial charge < -0.3 is 20.1 Å². The van der Waals surface area contributed by atoms with Crippen LogP contribution in [0.15, 0.2) is 18.2 Å². The molecule has 0 amide bonds. The van der Waals surface area contributed by atoms with Crippen LogP contribution < -0.4 is 20.1 Å². The van der Waals surface area contributed by atoms with Crippen molar-refractivity contribution < 1.29 is 9.47 Å². The SMILES string of the molecule is CC1(C)CNCCC1Nc1ccc2c(c1)OCO2. The van der Waals surface area contributed by atoms with Crippen LogP contribution in [0.2, 0.25) is 0 Å². The Balaban J connectivity index is 1.76. The fraction of sp³-hybridized carbons (Fsp3) is 0.571. The third-order valence-corrected chi connectivity index (χ3v) is 3.85. The van der Waals surface area contributed by atoms with E-state index in [0.29, 0.717) is 12.8 Å². The number of benzene rings is 1. The van der Waals surface area contributed by atoms with Crippen LogP contribution in [0.3, 0.4) is 0 Å². The lowest BCUT2D eigenvalue weighted by Crippen LogP contribution is -2.49. The molecule has 2 N–H and O–H groups in total. The van der Waals surface area contributed by atoms with Crippen LogP contribution in [-0.4, -0.2) is 25.9 Å². The highest BCUT2D eigenvalue weighted by atomic mass is 16.7. The molecule has 18 heavy (non-hydrogen) atoms. The molecule has 2 aliphatic heterocycles. The molecule has 1 aromatic carbocycles. The molecular formula is C14H20N2O2. The number of hydrogen-bond acceptors (Lipinski definition) is 4. The molecule has 1 fully saturated rings. The van der Waals surface area contributed by atoms with Crippen LogP contribution in [0, 0.1) is 5.41 Å². The summed E-state index contributed by atoms with van der Waals surface area (Å²) in [5.41, 5.74) is 1.37. The van der Waals surface area contributed by atoms with Gasteiger partial charge in [0.25, 0.3) is 0 Å². The van der Waals surface area contributed by atoms with E-state index >= 15 is 0 Å². The minimum absolute atomic E-state index is 0.259. The van der Waals surface area contributed by atoms with E-state index in [0.717, 1.165) is 36.7 Å². The molecule has 1 saturated heterocycles.